The second-order valence-corrected chi connectivity index (χ2v) is 14.7. The molecule has 0 heterocycles. The van der Waals surface area contributed by atoms with E-state index in [2.05, 4.69) is 79.9 Å². The Morgan fingerprint density at radius 1 is 0.462 bits per heavy atom. The predicted octanol–water partition coefficient (Wildman–Crippen LogP) is 13.9. The van der Waals surface area contributed by atoms with Crippen LogP contribution in [0.4, 0.5) is 0 Å². The normalized spacial score (nSPS) is 13.7. The van der Waals surface area contributed by atoms with Gasteiger partial charge in [0.05, 0.1) is 18.8 Å². The summed E-state index contributed by atoms with van der Waals surface area (Å²) in [6.45, 7) is 4.26. The number of rotatable bonds is 39. The second kappa shape index (κ2) is 43.2. The SMILES string of the molecule is CCCCCCC/C=C\C/C=C\C/C=C\CCCCCCCCCCCCC(=O)NC(CO)C(O)/C=C/CC/C=C/CC/C=C/CCCCCCC. The maximum Gasteiger partial charge on any atom is 0.220 e. The molecule has 0 bridgehead atoms. The minimum absolute atomic E-state index is 0.0854. The predicted molar refractivity (Wildman–Crippen MR) is 230 cm³/mol. The average Bonchev–Trinajstić information content (AvgIpc) is 3.15. The Morgan fingerprint density at radius 3 is 1.25 bits per heavy atom. The van der Waals surface area contributed by atoms with E-state index in [1.54, 1.807) is 6.08 Å². The molecule has 2 unspecified atom stereocenters. The van der Waals surface area contributed by atoms with Crippen molar-refractivity contribution in [1.82, 2.24) is 5.32 Å². The van der Waals surface area contributed by atoms with Crippen LogP contribution in [-0.2, 0) is 4.79 Å². The van der Waals surface area contributed by atoms with Crippen LogP contribution in [0, 0.1) is 0 Å². The topological polar surface area (TPSA) is 69.6 Å². The van der Waals surface area contributed by atoms with Crippen LogP contribution in [0.3, 0.4) is 0 Å². The minimum atomic E-state index is -0.874. The Bertz CT molecular complexity index is 915. The van der Waals surface area contributed by atoms with Gasteiger partial charge in [-0.05, 0) is 83.5 Å². The summed E-state index contributed by atoms with van der Waals surface area (Å²) >= 11 is 0. The fourth-order valence-electron chi connectivity index (χ4n) is 6.22. The van der Waals surface area contributed by atoms with Crippen LogP contribution in [0.1, 0.15) is 206 Å². The number of hydrogen-bond acceptors (Lipinski definition) is 3. The van der Waals surface area contributed by atoms with Gasteiger partial charge in [0, 0.05) is 6.42 Å². The molecule has 2 atom stereocenters. The molecular weight excluding hydrogens is 639 g/mol. The smallest absolute Gasteiger partial charge is 0.220 e. The number of allylic oxidation sites excluding steroid dienone is 11. The summed E-state index contributed by atoms with van der Waals surface area (Å²) in [4.78, 5) is 12.4. The van der Waals surface area contributed by atoms with E-state index < -0.39 is 12.1 Å². The van der Waals surface area contributed by atoms with Crippen molar-refractivity contribution in [3.63, 3.8) is 0 Å². The fraction of sp³-hybridized carbons (Fsp3) is 0.729. The van der Waals surface area contributed by atoms with Crippen molar-refractivity contribution in [2.75, 3.05) is 6.61 Å². The lowest BCUT2D eigenvalue weighted by atomic mass is 10.0. The van der Waals surface area contributed by atoms with Gasteiger partial charge in [0.25, 0.3) is 0 Å². The number of carbonyl (C=O) groups is 1. The van der Waals surface area contributed by atoms with Crippen LogP contribution in [0.5, 0.6) is 0 Å². The van der Waals surface area contributed by atoms with Crippen LogP contribution in [-0.4, -0.2) is 34.9 Å². The van der Waals surface area contributed by atoms with Gasteiger partial charge in [-0.15, -0.1) is 0 Å². The first kappa shape index (κ1) is 49.8. The van der Waals surface area contributed by atoms with Gasteiger partial charge in [0.1, 0.15) is 0 Å². The number of hydrogen-bond donors (Lipinski definition) is 3. The van der Waals surface area contributed by atoms with E-state index in [1.165, 1.54) is 135 Å². The van der Waals surface area contributed by atoms with E-state index in [1.807, 2.05) is 6.08 Å². The summed E-state index contributed by atoms with van der Waals surface area (Å²) in [6, 6.07) is -0.650. The lowest BCUT2D eigenvalue weighted by Crippen LogP contribution is -2.45. The highest BCUT2D eigenvalue weighted by molar-refractivity contribution is 5.76. The maximum atomic E-state index is 12.4. The molecule has 3 N–H and O–H groups in total. The maximum absolute atomic E-state index is 12.4. The van der Waals surface area contributed by atoms with E-state index >= 15 is 0 Å². The first-order valence-corrected chi connectivity index (χ1v) is 22.2. The zero-order valence-electron chi connectivity index (χ0n) is 34.3. The summed E-state index contributed by atoms with van der Waals surface area (Å²) in [5.74, 6) is -0.0854. The molecule has 0 radical (unpaired) electrons. The molecule has 0 aliphatic heterocycles. The Kier molecular flexibility index (Phi) is 41.4. The molecule has 1 amide bonds. The van der Waals surface area contributed by atoms with Crippen molar-refractivity contribution < 1.29 is 15.0 Å². The molecule has 0 aliphatic carbocycles. The van der Waals surface area contributed by atoms with Crippen LogP contribution in [0.25, 0.3) is 0 Å². The van der Waals surface area contributed by atoms with E-state index in [0.717, 1.165) is 51.4 Å². The number of carbonyl (C=O) groups excluding carboxylic acids is 1. The molecule has 4 heteroatoms. The third kappa shape index (κ3) is 39.0. The van der Waals surface area contributed by atoms with Gasteiger partial charge in [-0.2, -0.15) is 0 Å². The highest BCUT2D eigenvalue weighted by Crippen LogP contribution is 2.13. The van der Waals surface area contributed by atoms with E-state index in [9.17, 15) is 15.0 Å². The Morgan fingerprint density at radius 2 is 0.808 bits per heavy atom. The van der Waals surface area contributed by atoms with Gasteiger partial charge >= 0.3 is 0 Å². The molecule has 52 heavy (non-hydrogen) atoms. The third-order valence-corrected chi connectivity index (χ3v) is 9.64. The van der Waals surface area contributed by atoms with E-state index in [-0.39, 0.29) is 12.5 Å². The molecular formula is C48H85NO3. The lowest BCUT2D eigenvalue weighted by molar-refractivity contribution is -0.123. The number of unbranched alkanes of at least 4 members (excludes halogenated alkanes) is 22. The first-order chi connectivity index (χ1) is 25.7. The fourth-order valence-corrected chi connectivity index (χ4v) is 6.22. The van der Waals surface area contributed by atoms with Crippen molar-refractivity contribution in [1.29, 1.82) is 0 Å². The van der Waals surface area contributed by atoms with Gasteiger partial charge < -0.3 is 15.5 Å². The third-order valence-electron chi connectivity index (χ3n) is 9.64. The van der Waals surface area contributed by atoms with Crippen molar-refractivity contribution in [2.45, 2.75) is 219 Å². The van der Waals surface area contributed by atoms with Crippen molar-refractivity contribution in [2.24, 2.45) is 0 Å². The van der Waals surface area contributed by atoms with Crippen molar-refractivity contribution in [3.05, 3.63) is 72.9 Å². The van der Waals surface area contributed by atoms with Crippen LogP contribution >= 0.6 is 0 Å². The molecule has 0 rings (SSSR count). The molecule has 0 aromatic rings. The molecule has 4 nitrogen and oxygen atoms in total. The zero-order chi connectivity index (χ0) is 37.8. The largest absolute Gasteiger partial charge is 0.394 e. The Hall–Kier alpha value is -2.17. The highest BCUT2D eigenvalue weighted by Gasteiger charge is 2.17. The molecule has 0 aromatic heterocycles. The lowest BCUT2D eigenvalue weighted by Gasteiger charge is -2.19. The molecule has 0 spiro atoms. The Balaban J connectivity index is 3.64. The number of amides is 1. The molecule has 0 aliphatic rings. The quantitative estimate of drug-likeness (QED) is 0.0437. The highest BCUT2D eigenvalue weighted by atomic mass is 16.3. The monoisotopic (exact) mass is 724 g/mol. The second-order valence-electron chi connectivity index (χ2n) is 14.7. The minimum Gasteiger partial charge on any atom is -0.394 e. The van der Waals surface area contributed by atoms with E-state index in [0.29, 0.717) is 6.42 Å². The summed E-state index contributed by atoms with van der Waals surface area (Å²) in [5, 5.41) is 23.0. The van der Waals surface area contributed by atoms with Crippen molar-refractivity contribution in [3.8, 4) is 0 Å². The summed E-state index contributed by atoms with van der Waals surface area (Å²) in [7, 11) is 0. The summed E-state index contributed by atoms with van der Waals surface area (Å²) < 4.78 is 0. The molecule has 0 saturated carbocycles. The average molecular weight is 724 g/mol. The van der Waals surface area contributed by atoms with Gasteiger partial charge in [0.2, 0.25) is 5.91 Å². The molecule has 0 aromatic carbocycles. The van der Waals surface area contributed by atoms with Crippen LogP contribution < -0.4 is 5.32 Å². The summed E-state index contributed by atoms with van der Waals surface area (Å²) in [5.41, 5.74) is 0. The summed E-state index contributed by atoms with van der Waals surface area (Å²) in [6.07, 6.45) is 61.5. The zero-order valence-corrected chi connectivity index (χ0v) is 34.3. The number of aliphatic hydroxyl groups is 2. The molecule has 0 fully saturated rings. The van der Waals surface area contributed by atoms with Gasteiger partial charge in [-0.25, -0.2) is 0 Å². The molecule has 300 valence electrons. The standard InChI is InChI=1S/C48H85NO3/c1-3-5-7-9-11-13-15-17-19-20-21-22-23-24-25-26-27-28-30-32-34-36-38-40-42-44-48(52)49-46(45-50)47(51)43-41-39-37-35-33-31-29-18-16-14-12-10-8-6-4-2/h15-18,20-21,23-24,33,35,41,43,46-47,50-51H,3-14,19,22,25-32,34,36-40,42,44-45H2,1-2H3,(H,49,52)/b17-15-,18-16+,21-20-,24-23-,35-33+,43-41+. The number of aliphatic hydroxyl groups excluding tert-OH is 2. The van der Waals surface area contributed by atoms with Crippen LogP contribution in [0.15, 0.2) is 72.9 Å². The number of nitrogens with one attached hydrogen (secondary N) is 1. The van der Waals surface area contributed by atoms with E-state index in [4.69, 9.17) is 0 Å². The first-order valence-electron chi connectivity index (χ1n) is 22.2. The van der Waals surface area contributed by atoms with Gasteiger partial charge in [-0.1, -0.05) is 189 Å². The van der Waals surface area contributed by atoms with Crippen molar-refractivity contribution >= 4 is 5.91 Å². The Labute approximate surface area is 323 Å². The van der Waals surface area contributed by atoms with Gasteiger partial charge in [0.15, 0.2) is 0 Å². The molecule has 0 saturated heterocycles. The van der Waals surface area contributed by atoms with Crippen LogP contribution in [0.2, 0.25) is 0 Å². The van der Waals surface area contributed by atoms with Gasteiger partial charge in [-0.3, -0.25) is 4.79 Å².